The molecule has 0 saturated carbocycles. The van der Waals surface area contributed by atoms with Gasteiger partial charge < -0.3 is 5.32 Å². The molecule has 3 rings (SSSR count). The molecule has 3 aliphatic rings. The number of rotatable bonds is 2. The second-order valence-corrected chi connectivity index (χ2v) is 5.73. The minimum absolute atomic E-state index is 0.944. The van der Waals surface area contributed by atoms with Gasteiger partial charge in [-0.15, -0.1) is 0 Å². The number of piperidine rings is 2. The molecular weight excluding hydrogens is 184 g/mol. The second-order valence-electron chi connectivity index (χ2n) is 5.73. The van der Waals surface area contributed by atoms with Crippen molar-refractivity contribution < 1.29 is 0 Å². The van der Waals surface area contributed by atoms with Crippen LogP contribution in [-0.2, 0) is 0 Å². The molecule has 3 unspecified atom stereocenters. The van der Waals surface area contributed by atoms with Crippen molar-refractivity contribution in [2.75, 3.05) is 19.6 Å². The van der Waals surface area contributed by atoms with Crippen molar-refractivity contribution in [2.24, 2.45) is 5.92 Å². The van der Waals surface area contributed by atoms with E-state index < -0.39 is 0 Å². The van der Waals surface area contributed by atoms with Crippen LogP contribution in [0.5, 0.6) is 0 Å². The minimum Gasteiger partial charge on any atom is -0.316 e. The predicted octanol–water partition coefficient (Wildman–Crippen LogP) is 2.00. The smallest absolute Gasteiger partial charge is 0.00989 e. The highest BCUT2D eigenvalue weighted by molar-refractivity contribution is 4.93. The first-order chi connectivity index (χ1) is 7.43. The van der Waals surface area contributed by atoms with Crippen LogP contribution in [0.25, 0.3) is 0 Å². The van der Waals surface area contributed by atoms with Crippen molar-refractivity contribution in [2.45, 2.75) is 57.0 Å². The topological polar surface area (TPSA) is 15.3 Å². The van der Waals surface area contributed by atoms with Crippen molar-refractivity contribution in [3.8, 4) is 0 Å². The van der Waals surface area contributed by atoms with E-state index in [1.807, 2.05) is 0 Å². The molecule has 3 saturated heterocycles. The lowest BCUT2D eigenvalue weighted by molar-refractivity contribution is 0.109. The molecule has 0 aromatic rings. The Morgan fingerprint density at radius 1 is 0.933 bits per heavy atom. The average Bonchev–Trinajstić information content (AvgIpc) is 2.53. The first-order valence-electron chi connectivity index (χ1n) is 6.90. The van der Waals surface area contributed by atoms with Gasteiger partial charge in [-0.1, -0.05) is 6.42 Å². The molecule has 3 aliphatic heterocycles. The summed E-state index contributed by atoms with van der Waals surface area (Å²) < 4.78 is 0. The van der Waals surface area contributed by atoms with Gasteiger partial charge in [-0.25, -0.2) is 0 Å². The molecule has 3 atom stereocenters. The molecule has 2 heteroatoms. The van der Waals surface area contributed by atoms with Crippen LogP contribution in [0.1, 0.15) is 44.9 Å². The summed E-state index contributed by atoms with van der Waals surface area (Å²) in [6.45, 7) is 3.92. The van der Waals surface area contributed by atoms with E-state index in [4.69, 9.17) is 0 Å². The number of nitrogens with zero attached hydrogens (tertiary/aromatic N) is 1. The average molecular weight is 208 g/mol. The Morgan fingerprint density at radius 2 is 1.73 bits per heavy atom. The summed E-state index contributed by atoms with van der Waals surface area (Å²) >= 11 is 0. The fraction of sp³-hybridized carbons (Fsp3) is 1.00. The molecule has 2 bridgehead atoms. The Balaban J connectivity index is 1.57. The van der Waals surface area contributed by atoms with Crippen molar-refractivity contribution in [3.05, 3.63) is 0 Å². The van der Waals surface area contributed by atoms with Crippen molar-refractivity contribution in [3.63, 3.8) is 0 Å². The zero-order valence-corrected chi connectivity index (χ0v) is 9.75. The maximum Gasteiger partial charge on any atom is 0.00989 e. The second kappa shape index (κ2) is 4.42. The highest BCUT2D eigenvalue weighted by Gasteiger charge is 2.37. The Hall–Kier alpha value is -0.0800. The van der Waals surface area contributed by atoms with Gasteiger partial charge >= 0.3 is 0 Å². The Labute approximate surface area is 93.4 Å². The third kappa shape index (κ3) is 2.07. The van der Waals surface area contributed by atoms with E-state index in [-0.39, 0.29) is 0 Å². The molecule has 0 aromatic carbocycles. The van der Waals surface area contributed by atoms with E-state index in [2.05, 4.69) is 10.2 Å². The Bertz CT molecular complexity index is 195. The van der Waals surface area contributed by atoms with E-state index in [0.29, 0.717) is 0 Å². The monoisotopic (exact) mass is 208 g/mol. The third-order valence-corrected chi connectivity index (χ3v) is 4.71. The molecule has 1 N–H and O–H groups in total. The SMILES string of the molecule is C1CNCC(CN2C3CCCC2CC3)C1. The van der Waals surface area contributed by atoms with Gasteiger partial charge in [0.05, 0.1) is 0 Å². The van der Waals surface area contributed by atoms with Gasteiger partial charge in [-0.3, -0.25) is 4.90 Å². The molecule has 0 radical (unpaired) electrons. The molecule has 0 aromatic heterocycles. The maximum atomic E-state index is 3.55. The van der Waals surface area contributed by atoms with Crippen LogP contribution < -0.4 is 5.32 Å². The molecule has 3 fully saturated rings. The number of hydrogen-bond acceptors (Lipinski definition) is 2. The van der Waals surface area contributed by atoms with Gasteiger partial charge in [0.25, 0.3) is 0 Å². The normalized spacial score (nSPS) is 42.0. The highest BCUT2D eigenvalue weighted by Crippen LogP contribution is 2.36. The Kier molecular flexibility index (Phi) is 2.98. The quantitative estimate of drug-likeness (QED) is 0.747. The Morgan fingerprint density at radius 3 is 2.40 bits per heavy atom. The summed E-state index contributed by atoms with van der Waals surface area (Å²) in [6.07, 6.45) is 10.3. The lowest BCUT2D eigenvalue weighted by Gasteiger charge is -2.38. The van der Waals surface area contributed by atoms with Gasteiger partial charge in [-0.2, -0.15) is 0 Å². The molecule has 86 valence electrons. The van der Waals surface area contributed by atoms with Crippen molar-refractivity contribution in [1.82, 2.24) is 10.2 Å². The van der Waals surface area contributed by atoms with Gasteiger partial charge in [0.15, 0.2) is 0 Å². The molecule has 2 nitrogen and oxygen atoms in total. The van der Waals surface area contributed by atoms with E-state index in [1.54, 1.807) is 0 Å². The van der Waals surface area contributed by atoms with Gasteiger partial charge in [0.1, 0.15) is 0 Å². The summed E-state index contributed by atoms with van der Waals surface area (Å²) in [5.41, 5.74) is 0. The van der Waals surface area contributed by atoms with Gasteiger partial charge in [0.2, 0.25) is 0 Å². The molecule has 15 heavy (non-hydrogen) atoms. The zero-order valence-electron chi connectivity index (χ0n) is 9.75. The van der Waals surface area contributed by atoms with Crippen LogP contribution in [0.3, 0.4) is 0 Å². The van der Waals surface area contributed by atoms with Crippen molar-refractivity contribution in [1.29, 1.82) is 0 Å². The van der Waals surface area contributed by atoms with E-state index in [9.17, 15) is 0 Å². The number of fused-ring (bicyclic) bond motifs is 2. The lowest BCUT2D eigenvalue weighted by Crippen LogP contribution is -2.45. The summed E-state index contributed by atoms with van der Waals surface area (Å²) in [4.78, 5) is 2.86. The molecule has 0 aliphatic carbocycles. The number of hydrogen-bond donors (Lipinski definition) is 1. The van der Waals surface area contributed by atoms with Crippen molar-refractivity contribution >= 4 is 0 Å². The van der Waals surface area contributed by atoms with Crippen LogP contribution in [-0.4, -0.2) is 36.6 Å². The fourth-order valence-corrected chi connectivity index (χ4v) is 3.90. The van der Waals surface area contributed by atoms with E-state index in [1.165, 1.54) is 64.6 Å². The first kappa shape index (κ1) is 10.1. The van der Waals surface area contributed by atoms with Crippen LogP contribution >= 0.6 is 0 Å². The van der Waals surface area contributed by atoms with Crippen LogP contribution in [0, 0.1) is 5.92 Å². The van der Waals surface area contributed by atoms with Gasteiger partial charge in [0, 0.05) is 18.6 Å². The zero-order chi connectivity index (χ0) is 10.1. The van der Waals surface area contributed by atoms with Gasteiger partial charge in [-0.05, 0) is 57.5 Å². The largest absolute Gasteiger partial charge is 0.316 e. The summed E-state index contributed by atoms with van der Waals surface area (Å²) in [5, 5.41) is 3.55. The summed E-state index contributed by atoms with van der Waals surface area (Å²) in [6, 6.07) is 1.93. The van der Waals surface area contributed by atoms with E-state index in [0.717, 1.165) is 18.0 Å². The van der Waals surface area contributed by atoms with E-state index >= 15 is 0 Å². The standard InChI is InChI=1S/C13H24N2/c1-4-12-6-7-13(5-1)15(12)10-11-3-2-8-14-9-11/h11-14H,1-10H2. The number of nitrogens with one attached hydrogen (secondary N) is 1. The fourth-order valence-electron chi connectivity index (χ4n) is 3.90. The summed E-state index contributed by atoms with van der Waals surface area (Å²) in [7, 11) is 0. The molecule has 0 spiro atoms. The highest BCUT2D eigenvalue weighted by atomic mass is 15.2. The molecule has 0 amide bonds. The molecule has 3 heterocycles. The van der Waals surface area contributed by atoms with Crippen LogP contribution in [0.15, 0.2) is 0 Å². The van der Waals surface area contributed by atoms with Crippen LogP contribution in [0.2, 0.25) is 0 Å². The first-order valence-corrected chi connectivity index (χ1v) is 6.90. The minimum atomic E-state index is 0.944. The molecular formula is C13H24N2. The summed E-state index contributed by atoms with van der Waals surface area (Å²) in [5.74, 6) is 0.944. The lowest BCUT2D eigenvalue weighted by atomic mass is 9.95. The third-order valence-electron chi connectivity index (χ3n) is 4.71. The maximum absolute atomic E-state index is 3.55. The van der Waals surface area contributed by atoms with Crippen LogP contribution in [0.4, 0.5) is 0 Å². The predicted molar refractivity (Wildman–Crippen MR) is 63.0 cm³/mol.